The summed E-state index contributed by atoms with van der Waals surface area (Å²) in [7, 11) is 0. The molecule has 0 saturated carbocycles. The van der Waals surface area contributed by atoms with Crippen LogP contribution in [0.4, 0.5) is 5.82 Å². The molecule has 1 N–H and O–H groups in total. The lowest BCUT2D eigenvalue weighted by atomic mass is 9.99. The van der Waals surface area contributed by atoms with Gasteiger partial charge in [-0.3, -0.25) is 14.4 Å². The van der Waals surface area contributed by atoms with Crippen LogP contribution >= 0.6 is 23.2 Å². The monoisotopic (exact) mass is 408 g/mol. The second-order valence-corrected chi connectivity index (χ2v) is 6.78. The number of anilines is 1. The van der Waals surface area contributed by atoms with Gasteiger partial charge in [-0.1, -0.05) is 40.9 Å². The van der Waals surface area contributed by atoms with E-state index in [4.69, 9.17) is 27.9 Å². The van der Waals surface area contributed by atoms with Crippen LogP contribution in [-0.4, -0.2) is 29.3 Å². The van der Waals surface area contributed by atoms with E-state index in [1.807, 2.05) is 26.0 Å². The number of benzene rings is 1. The Morgan fingerprint density at radius 3 is 2.56 bits per heavy atom. The van der Waals surface area contributed by atoms with E-state index in [-0.39, 0.29) is 29.5 Å². The second-order valence-electron chi connectivity index (χ2n) is 5.93. The van der Waals surface area contributed by atoms with E-state index in [2.05, 4.69) is 10.3 Å². The Balaban J connectivity index is 1.79. The first-order valence-electron chi connectivity index (χ1n) is 8.13. The maximum absolute atomic E-state index is 12.2. The summed E-state index contributed by atoms with van der Waals surface area (Å²) in [4.78, 5) is 39.7. The molecule has 0 aliphatic carbocycles. The standard InChI is InChI=1S/C19H18Cl2N2O4/c1-11-3-4-12(2)14(7-11)16(24)5-6-18(26)27-10-17(25)23-19-15(21)8-13(20)9-22-19/h3-4,7-9H,5-6,10H2,1-2H3,(H,22,23,25). The molecular formula is C19H18Cl2N2O4. The normalized spacial score (nSPS) is 10.4. The number of nitrogens with one attached hydrogen (secondary N) is 1. The molecular weight excluding hydrogens is 391 g/mol. The van der Waals surface area contributed by atoms with Gasteiger partial charge in [-0.15, -0.1) is 0 Å². The van der Waals surface area contributed by atoms with Crippen LogP contribution < -0.4 is 5.32 Å². The van der Waals surface area contributed by atoms with Gasteiger partial charge < -0.3 is 10.1 Å². The molecule has 1 heterocycles. The van der Waals surface area contributed by atoms with Crippen molar-refractivity contribution in [3.05, 3.63) is 57.2 Å². The highest BCUT2D eigenvalue weighted by atomic mass is 35.5. The number of ketones is 1. The maximum Gasteiger partial charge on any atom is 0.306 e. The Kier molecular flexibility index (Phi) is 7.33. The SMILES string of the molecule is Cc1ccc(C)c(C(=O)CCC(=O)OCC(=O)Nc2ncc(Cl)cc2Cl)c1. The number of pyridine rings is 1. The predicted octanol–water partition coefficient (Wildman–Crippen LogP) is 4.15. The number of ether oxygens (including phenoxy) is 1. The summed E-state index contributed by atoms with van der Waals surface area (Å²) in [6, 6.07) is 7.00. The number of amides is 1. The molecule has 1 aromatic heterocycles. The quantitative estimate of drug-likeness (QED) is 0.549. The van der Waals surface area contributed by atoms with Crippen LogP contribution in [0.25, 0.3) is 0 Å². The second kappa shape index (κ2) is 9.48. The van der Waals surface area contributed by atoms with Gasteiger partial charge >= 0.3 is 5.97 Å². The number of carbonyl (C=O) groups excluding carboxylic acids is 3. The van der Waals surface area contributed by atoms with Crippen molar-refractivity contribution >= 4 is 46.7 Å². The lowest BCUT2D eigenvalue weighted by Crippen LogP contribution is -2.21. The van der Waals surface area contributed by atoms with Gasteiger partial charge in [-0.05, 0) is 31.5 Å². The summed E-state index contributed by atoms with van der Waals surface area (Å²) < 4.78 is 4.88. The number of hydrogen-bond donors (Lipinski definition) is 1. The van der Waals surface area contributed by atoms with Gasteiger partial charge in [-0.2, -0.15) is 0 Å². The lowest BCUT2D eigenvalue weighted by Gasteiger charge is -2.08. The van der Waals surface area contributed by atoms with E-state index < -0.39 is 18.5 Å². The largest absolute Gasteiger partial charge is 0.456 e. The molecule has 27 heavy (non-hydrogen) atoms. The van der Waals surface area contributed by atoms with Gasteiger partial charge in [0.05, 0.1) is 16.5 Å². The summed E-state index contributed by atoms with van der Waals surface area (Å²) in [5.41, 5.74) is 2.41. The zero-order valence-electron chi connectivity index (χ0n) is 14.8. The van der Waals surface area contributed by atoms with E-state index in [0.29, 0.717) is 10.6 Å². The zero-order valence-corrected chi connectivity index (χ0v) is 16.4. The van der Waals surface area contributed by atoms with E-state index in [1.165, 1.54) is 12.3 Å². The first kappa shape index (κ1) is 20.9. The van der Waals surface area contributed by atoms with Crippen molar-refractivity contribution in [3.8, 4) is 0 Å². The smallest absolute Gasteiger partial charge is 0.306 e. The number of halogens is 2. The van der Waals surface area contributed by atoms with Crippen LogP contribution in [0.1, 0.15) is 34.3 Å². The molecule has 6 nitrogen and oxygen atoms in total. The average molecular weight is 409 g/mol. The summed E-state index contributed by atoms with van der Waals surface area (Å²) in [6.07, 6.45) is 1.22. The molecule has 0 saturated heterocycles. The summed E-state index contributed by atoms with van der Waals surface area (Å²) >= 11 is 11.6. The fourth-order valence-electron chi connectivity index (χ4n) is 2.28. The highest BCUT2D eigenvalue weighted by Crippen LogP contribution is 2.22. The Bertz CT molecular complexity index is 884. The molecule has 0 aliphatic heterocycles. The minimum absolute atomic E-state index is 0.00924. The Hall–Kier alpha value is -2.44. The number of aryl methyl sites for hydroxylation is 2. The van der Waals surface area contributed by atoms with Crippen molar-refractivity contribution in [3.63, 3.8) is 0 Å². The number of rotatable bonds is 7. The third kappa shape index (κ3) is 6.34. The number of nitrogens with zero attached hydrogens (tertiary/aromatic N) is 1. The Labute approximate surface area is 166 Å². The van der Waals surface area contributed by atoms with Crippen molar-refractivity contribution in [2.75, 3.05) is 11.9 Å². The zero-order chi connectivity index (χ0) is 20.0. The van der Waals surface area contributed by atoms with Crippen molar-refractivity contribution in [1.82, 2.24) is 4.98 Å². The molecule has 1 amide bonds. The lowest BCUT2D eigenvalue weighted by molar-refractivity contribution is -0.147. The van der Waals surface area contributed by atoms with Gasteiger partial charge in [0.25, 0.3) is 5.91 Å². The third-order valence-electron chi connectivity index (χ3n) is 3.68. The van der Waals surface area contributed by atoms with Crippen LogP contribution in [0, 0.1) is 13.8 Å². The van der Waals surface area contributed by atoms with Crippen molar-refractivity contribution in [2.24, 2.45) is 0 Å². The molecule has 0 radical (unpaired) electrons. The van der Waals surface area contributed by atoms with Crippen LogP contribution in [0.3, 0.4) is 0 Å². The summed E-state index contributed by atoms with van der Waals surface area (Å²) in [5.74, 6) is -1.26. The van der Waals surface area contributed by atoms with E-state index in [1.54, 1.807) is 6.07 Å². The van der Waals surface area contributed by atoms with E-state index in [9.17, 15) is 14.4 Å². The number of hydrogen-bond acceptors (Lipinski definition) is 5. The average Bonchev–Trinajstić information content (AvgIpc) is 2.62. The van der Waals surface area contributed by atoms with Gasteiger partial charge in [0, 0.05) is 18.2 Å². The first-order valence-corrected chi connectivity index (χ1v) is 8.89. The van der Waals surface area contributed by atoms with Crippen molar-refractivity contribution in [1.29, 1.82) is 0 Å². The molecule has 1 aromatic carbocycles. The molecule has 0 bridgehead atoms. The van der Waals surface area contributed by atoms with Gasteiger partial charge in [0.15, 0.2) is 18.2 Å². The predicted molar refractivity (Wildman–Crippen MR) is 103 cm³/mol. The number of carbonyl (C=O) groups is 3. The molecule has 0 aliphatic rings. The number of Topliss-reactive ketones (excluding diaryl/α,β-unsaturated/α-hetero) is 1. The molecule has 142 valence electrons. The van der Waals surface area contributed by atoms with Gasteiger partial charge in [-0.25, -0.2) is 4.98 Å². The highest BCUT2D eigenvalue weighted by Gasteiger charge is 2.14. The van der Waals surface area contributed by atoms with Gasteiger partial charge in [0.1, 0.15) is 0 Å². The number of aromatic nitrogens is 1. The van der Waals surface area contributed by atoms with E-state index >= 15 is 0 Å². The van der Waals surface area contributed by atoms with Crippen LogP contribution in [0.2, 0.25) is 10.0 Å². The first-order chi connectivity index (χ1) is 12.8. The topological polar surface area (TPSA) is 85.4 Å². The molecule has 0 atom stereocenters. The fraction of sp³-hybridized carbons (Fsp3) is 0.263. The van der Waals surface area contributed by atoms with Crippen LogP contribution in [0.5, 0.6) is 0 Å². The minimum atomic E-state index is -0.640. The molecule has 2 rings (SSSR count). The van der Waals surface area contributed by atoms with Crippen molar-refractivity contribution < 1.29 is 19.1 Å². The third-order valence-corrected chi connectivity index (χ3v) is 4.17. The molecule has 8 heteroatoms. The maximum atomic E-state index is 12.2. The molecule has 0 fully saturated rings. The molecule has 0 unspecified atom stereocenters. The summed E-state index contributed by atoms with van der Waals surface area (Å²) in [5, 5.41) is 2.91. The highest BCUT2D eigenvalue weighted by molar-refractivity contribution is 6.36. The van der Waals surface area contributed by atoms with Crippen LogP contribution in [0.15, 0.2) is 30.5 Å². The van der Waals surface area contributed by atoms with Crippen molar-refractivity contribution in [2.45, 2.75) is 26.7 Å². The summed E-state index contributed by atoms with van der Waals surface area (Å²) in [6.45, 7) is 3.23. The van der Waals surface area contributed by atoms with E-state index in [0.717, 1.165) is 11.1 Å². The Morgan fingerprint density at radius 1 is 1.11 bits per heavy atom. The molecule has 2 aromatic rings. The molecule has 0 spiro atoms. The number of esters is 1. The Morgan fingerprint density at radius 2 is 1.85 bits per heavy atom. The van der Waals surface area contributed by atoms with Gasteiger partial charge in [0.2, 0.25) is 0 Å². The minimum Gasteiger partial charge on any atom is -0.456 e. The fourth-order valence-corrected chi connectivity index (χ4v) is 2.71. The van der Waals surface area contributed by atoms with Crippen LogP contribution in [-0.2, 0) is 14.3 Å².